The Balaban J connectivity index is 1.05. The van der Waals surface area contributed by atoms with Crippen molar-refractivity contribution in [3.05, 3.63) is 106 Å². The maximum atomic E-state index is 13.4. The largest absolute Gasteiger partial charge is 0.486 e. The molecule has 0 aliphatic carbocycles. The molecule has 1 fully saturated rings. The van der Waals surface area contributed by atoms with Crippen LogP contribution in [-0.2, 0) is 6.54 Å². The summed E-state index contributed by atoms with van der Waals surface area (Å²) in [5.74, 6) is 0.792. The summed E-state index contributed by atoms with van der Waals surface area (Å²) in [5, 5.41) is 1.74. The van der Waals surface area contributed by atoms with E-state index >= 15 is 0 Å². The van der Waals surface area contributed by atoms with Gasteiger partial charge >= 0.3 is 0 Å². The van der Waals surface area contributed by atoms with Gasteiger partial charge in [-0.25, -0.2) is 0 Å². The van der Waals surface area contributed by atoms with E-state index in [1.165, 1.54) is 5.39 Å². The van der Waals surface area contributed by atoms with Crippen molar-refractivity contribution in [2.24, 2.45) is 0 Å². The van der Waals surface area contributed by atoms with E-state index < -0.39 is 0 Å². The van der Waals surface area contributed by atoms with Crippen LogP contribution in [0, 0.1) is 6.92 Å². The van der Waals surface area contributed by atoms with Crippen molar-refractivity contribution in [3.63, 3.8) is 0 Å². The lowest BCUT2D eigenvalue weighted by atomic mass is 10.1. The molecule has 198 valence electrons. The smallest absolute Gasteiger partial charge is 0.235 e. The van der Waals surface area contributed by atoms with Gasteiger partial charge in [0.2, 0.25) is 11.2 Å². The molecular formula is C33H33N3O3. The Labute approximate surface area is 228 Å². The van der Waals surface area contributed by atoms with Gasteiger partial charge in [-0.1, -0.05) is 66.2 Å². The molecule has 0 bridgehead atoms. The van der Waals surface area contributed by atoms with E-state index in [4.69, 9.17) is 14.1 Å². The van der Waals surface area contributed by atoms with Crippen molar-refractivity contribution in [2.45, 2.75) is 19.9 Å². The number of benzene rings is 3. The molecular weight excluding hydrogens is 486 g/mol. The first-order chi connectivity index (χ1) is 19.1. The van der Waals surface area contributed by atoms with Crippen LogP contribution in [0.1, 0.15) is 17.7 Å². The van der Waals surface area contributed by atoms with Gasteiger partial charge in [0.15, 0.2) is 5.76 Å². The lowest BCUT2D eigenvalue weighted by Crippen LogP contribution is -2.46. The quantitative estimate of drug-likeness (QED) is 0.238. The fraction of sp³-hybridized carbons (Fsp3) is 0.273. The number of hydrogen-bond donors (Lipinski definition) is 0. The normalized spacial score (nSPS) is 14.7. The number of para-hydroxylation sites is 1. The van der Waals surface area contributed by atoms with Gasteiger partial charge in [-0.2, -0.15) is 0 Å². The molecule has 1 aliphatic rings. The highest BCUT2D eigenvalue weighted by Crippen LogP contribution is 2.31. The minimum absolute atomic E-state index is 0.116. The van der Waals surface area contributed by atoms with Gasteiger partial charge in [0.25, 0.3) is 0 Å². The van der Waals surface area contributed by atoms with E-state index in [1.54, 1.807) is 0 Å². The summed E-state index contributed by atoms with van der Waals surface area (Å²) in [6, 6.07) is 28.0. The second kappa shape index (κ2) is 11.4. The topological polar surface area (TPSA) is 58.8 Å². The van der Waals surface area contributed by atoms with Crippen LogP contribution in [0.3, 0.4) is 0 Å². The Hall–Kier alpha value is -4.00. The van der Waals surface area contributed by atoms with Crippen LogP contribution >= 0.6 is 0 Å². The minimum atomic E-state index is -0.116. The molecule has 0 atom stereocenters. The number of piperazine rings is 1. The molecule has 0 N–H and O–H groups in total. The van der Waals surface area contributed by atoms with E-state index in [-0.39, 0.29) is 5.43 Å². The number of hydrogen-bond acceptors (Lipinski definition) is 6. The first kappa shape index (κ1) is 25.3. The van der Waals surface area contributed by atoms with Crippen molar-refractivity contribution >= 4 is 21.9 Å². The van der Waals surface area contributed by atoms with Crippen LogP contribution in [0.2, 0.25) is 0 Å². The highest BCUT2D eigenvalue weighted by Gasteiger charge is 2.20. The van der Waals surface area contributed by atoms with Gasteiger partial charge in [-0.05, 0) is 37.6 Å². The van der Waals surface area contributed by atoms with Crippen LogP contribution in [0.4, 0.5) is 0 Å². The molecule has 6 nitrogen and oxygen atoms in total. The molecule has 1 aliphatic heterocycles. The van der Waals surface area contributed by atoms with Gasteiger partial charge in [0.1, 0.15) is 5.58 Å². The summed E-state index contributed by atoms with van der Waals surface area (Å²) in [4.78, 5) is 23.2. The zero-order valence-electron chi connectivity index (χ0n) is 22.3. The molecule has 1 saturated heterocycles. The standard InChI is InChI=1S/C33H33N3O3/c1-24-12-15-30-28(22-24)31(37)33(32(39-30)26-9-3-2-4-10-26)38-21-7-16-35-17-19-36(20-18-35)23-27-14-13-25-8-5-6-11-29(25)34-27/h2-6,8-15,22H,7,16-21,23H2,1H3. The molecule has 0 spiro atoms. The summed E-state index contributed by atoms with van der Waals surface area (Å²) < 4.78 is 12.3. The number of pyridine rings is 1. The fourth-order valence-corrected chi connectivity index (χ4v) is 5.26. The van der Waals surface area contributed by atoms with Crippen LogP contribution in [0.15, 0.2) is 94.1 Å². The third-order valence-electron chi connectivity index (χ3n) is 7.41. The molecule has 0 amide bonds. The van der Waals surface area contributed by atoms with E-state index in [1.807, 2.05) is 67.6 Å². The van der Waals surface area contributed by atoms with Crippen molar-refractivity contribution in [1.82, 2.24) is 14.8 Å². The molecule has 5 aromatic rings. The van der Waals surface area contributed by atoms with Crippen LogP contribution in [0.5, 0.6) is 5.75 Å². The molecule has 0 saturated carbocycles. The Morgan fingerprint density at radius 2 is 1.64 bits per heavy atom. The average molecular weight is 520 g/mol. The second-order valence-corrected chi connectivity index (χ2v) is 10.3. The monoisotopic (exact) mass is 519 g/mol. The number of aromatic nitrogens is 1. The van der Waals surface area contributed by atoms with Gasteiger partial charge < -0.3 is 14.1 Å². The van der Waals surface area contributed by atoms with Gasteiger partial charge in [-0.15, -0.1) is 0 Å². The third kappa shape index (κ3) is 5.72. The third-order valence-corrected chi connectivity index (χ3v) is 7.41. The first-order valence-corrected chi connectivity index (χ1v) is 13.7. The number of rotatable bonds is 8. The highest BCUT2D eigenvalue weighted by atomic mass is 16.5. The predicted octanol–water partition coefficient (Wildman–Crippen LogP) is 5.90. The molecule has 0 radical (unpaired) electrons. The number of fused-ring (bicyclic) bond motifs is 2. The molecule has 6 rings (SSSR count). The summed E-state index contributed by atoms with van der Waals surface area (Å²) in [6.45, 7) is 8.30. The summed E-state index contributed by atoms with van der Waals surface area (Å²) in [6.07, 6.45) is 0.839. The first-order valence-electron chi connectivity index (χ1n) is 13.7. The SMILES string of the molecule is Cc1ccc2oc(-c3ccccc3)c(OCCCN3CCN(Cc4ccc5ccccc5n4)CC3)c(=O)c2c1. The van der Waals surface area contributed by atoms with Crippen molar-refractivity contribution < 1.29 is 9.15 Å². The lowest BCUT2D eigenvalue weighted by molar-refractivity contribution is 0.120. The Morgan fingerprint density at radius 1 is 0.872 bits per heavy atom. The van der Waals surface area contributed by atoms with Crippen molar-refractivity contribution in [2.75, 3.05) is 39.3 Å². The van der Waals surface area contributed by atoms with Crippen LogP contribution in [-0.4, -0.2) is 54.1 Å². The fourth-order valence-electron chi connectivity index (χ4n) is 5.26. The summed E-state index contributed by atoms with van der Waals surface area (Å²) in [5.41, 5.74) is 4.49. The number of nitrogens with zero attached hydrogens (tertiary/aromatic N) is 3. The van der Waals surface area contributed by atoms with Gasteiger partial charge in [0.05, 0.1) is 23.2 Å². The number of aryl methyl sites for hydroxylation is 1. The molecule has 3 heterocycles. The van der Waals surface area contributed by atoms with Crippen LogP contribution in [0.25, 0.3) is 33.2 Å². The van der Waals surface area contributed by atoms with E-state index in [2.05, 4.69) is 34.1 Å². The van der Waals surface area contributed by atoms with Gasteiger partial charge in [-0.3, -0.25) is 14.7 Å². The number of ether oxygens (including phenoxy) is 1. The molecule has 6 heteroatoms. The summed E-state index contributed by atoms with van der Waals surface area (Å²) in [7, 11) is 0. The molecule has 0 unspecified atom stereocenters. The zero-order chi connectivity index (χ0) is 26.6. The molecule has 2 aromatic heterocycles. The summed E-state index contributed by atoms with van der Waals surface area (Å²) >= 11 is 0. The van der Waals surface area contributed by atoms with Crippen molar-refractivity contribution in [1.29, 1.82) is 0 Å². The predicted molar refractivity (Wildman–Crippen MR) is 156 cm³/mol. The van der Waals surface area contributed by atoms with E-state index in [0.29, 0.717) is 29.1 Å². The molecule has 3 aromatic carbocycles. The lowest BCUT2D eigenvalue weighted by Gasteiger charge is -2.34. The Morgan fingerprint density at radius 3 is 2.49 bits per heavy atom. The maximum absolute atomic E-state index is 13.4. The Bertz CT molecular complexity index is 1640. The van der Waals surface area contributed by atoms with E-state index in [9.17, 15) is 4.79 Å². The maximum Gasteiger partial charge on any atom is 0.235 e. The Kier molecular flexibility index (Phi) is 7.39. The zero-order valence-corrected chi connectivity index (χ0v) is 22.3. The van der Waals surface area contributed by atoms with E-state index in [0.717, 1.165) is 68.0 Å². The van der Waals surface area contributed by atoms with Crippen LogP contribution < -0.4 is 10.2 Å². The molecule has 39 heavy (non-hydrogen) atoms. The second-order valence-electron chi connectivity index (χ2n) is 10.3. The average Bonchev–Trinajstić information content (AvgIpc) is 2.97. The highest BCUT2D eigenvalue weighted by molar-refractivity contribution is 5.82. The van der Waals surface area contributed by atoms with Gasteiger partial charge in [0, 0.05) is 50.2 Å². The minimum Gasteiger partial charge on any atom is -0.486 e. The van der Waals surface area contributed by atoms with Crippen molar-refractivity contribution in [3.8, 4) is 17.1 Å².